The summed E-state index contributed by atoms with van der Waals surface area (Å²) in [6.45, 7) is 6.66. The molecular formula is C23H26N2OS2. The number of thiophene rings is 1. The molecule has 0 saturated heterocycles. The predicted molar refractivity (Wildman–Crippen MR) is 121 cm³/mol. The highest BCUT2D eigenvalue weighted by molar-refractivity contribution is 7.99. The number of hydrogen-bond donors (Lipinski definition) is 0. The monoisotopic (exact) mass is 410 g/mol. The van der Waals surface area contributed by atoms with Crippen molar-refractivity contribution in [2.24, 2.45) is 5.92 Å². The molecule has 2 heterocycles. The second-order valence-electron chi connectivity index (χ2n) is 7.57. The second kappa shape index (κ2) is 8.66. The van der Waals surface area contributed by atoms with Crippen molar-refractivity contribution in [3.05, 3.63) is 69.3 Å². The molecule has 0 amide bonds. The van der Waals surface area contributed by atoms with Crippen LogP contribution in [0, 0.1) is 5.92 Å². The van der Waals surface area contributed by atoms with E-state index in [9.17, 15) is 4.79 Å². The standard InChI is InChI=1S/C23H26N2OS2/c1-3-13-25-22(26)20-18-12-11-16(2)15-19(18)28-21(20)24-23(25)27-14-7-10-17-8-5-4-6-9-17/h3-6,8-9,16H,1,7,10-15H2,2H3/t16-/m1/s1. The Kier molecular flexibility index (Phi) is 6.02. The van der Waals surface area contributed by atoms with Gasteiger partial charge in [0.25, 0.3) is 5.56 Å². The van der Waals surface area contributed by atoms with Gasteiger partial charge in [0.05, 0.1) is 5.39 Å². The van der Waals surface area contributed by atoms with Gasteiger partial charge < -0.3 is 0 Å². The Balaban J connectivity index is 1.59. The molecule has 0 spiro atoms. The molecule has 4 rings (SSSR count). The van der Waals surface area contributed by atoms with Crippen LogP contribution in [0.3, 0.4) is 0 Å². The fourth-order valence-corrected chi connectivity index (χ4v) is 6.26. The lowest BCUT2D eigenvalue weighted by atomic mass is 9.89. The van der Waals surface area contributed by atoms with Gasteiger partial charge in [-0.15, -0.1) is 17.9 Å². The Hall–Kier alpha value is -1.85. The largest absolute Gasteiger partial charge is 0.283 e. The molecule has 1 aliphatic carbocycles. The van der Waals surface area contributed by atoms with E-state index >= 15 is 0 Å². The first kappa shape index (κ1) is 19.5. The summed E-state index contributed by atoms with van der Waals surface area (Å²) in [5.74, 6) is 1.65. The van der Waals surface area contributed by atoms with Crippen LogP contribution in [0.15, 0.2) is 52.9 Å². The fourth-order valence-electron chi connectivity index (χ4n) is 3.89. The highest BCUT2D eigenvalue weighted by Crippen LogP contribution is 2.36. The number of thioether (sulfide) groups is 1. The van der Waals surface area contributed by atoms with Crippen LogP contribution in [0.1, 0.15) is 35.8 Å². The molecule has 28 heavy (non-hydrogen) atoms. The number of fused-ring (bicyclic) bond motifs is 3. The van der Waals surface area contributed by atoms with Gasteiger partial charge in [0.2, 0.25) is 0 Å². The first-order valence-corrected chi connectivity index (χ1v) is 11.8. The number of rotatable bonds is 7. The van der Waals surface area contributed by atoms with E-state index < -0.39 is 0 Å². The molecule has 2 aromatic heterocycles. The van der Waals surface area contributed by atoms with Crippen molar-refractivity contribution in [3.8, 4) is 0 Å². The van der Waals surface area contributed by atoms with Crippen LogP contribution in [0.2, 0.25) is 0 Å². The summed E-state index contributed by atoms with van der Waals surface area (Å²) in [4.78, 5) is 20.5. The van der Waals surface area contributed by atoms with Gasteiger partial charge in [0, 0.05) is 17.2 Å². The van der Waals surface area contributed by atoms with Crippen molar-refractivity contribution in [2.75, 3.05) is 5.75 Å². The van der Waals surface area contributed by atoms with Crippen LogP contribution in [0.5, 0.6) is 0 Å². The molecule has 1 aromatic carbocycles. The van der Waals surface area contributed by atoms with E-state index in [1.165, 1.54) is 16.0 Å². The van der Waals surface area contributed by atoms with E-state index in [1.54, 1.807) is 29.2 Å². The molecular weight excluding hydrogens is 384 g/mol. The minimum Gasteiger partial charge on any atom is -0.283 e. The minimum atomic E-state index is 0.113. The van der Waals surface area contributed by atoms with E-state index in [0.29, 0.717) is 12.5 Å². The van der Waals surface area contributed by atoms with Gasteiger partial charge in [-0.1, -0.05) is 55.1 Å². The van der Waals surface area contributed by atoms with E-state index in [0.717, 1.165) is 53.2 Å². The molecule has 0 bridgehead atoms. The molecule has 0 aliphatic heterocycles. The summed E-state index contributed by atoms with van der Waals surface area (Å²) in [6.07, 6.45) is 7.16. The SMILES string of the molecule is C=CCn1c(SCCCc2ccccc2)nc2sc3c(c2c1=O)CC[C@@H](C)C3. The molecule has 0 saturated carbocycles. The smallest absolute Gasteiger partial charge is 0.263 e. The number of hydrogen-bond acceptors (Lipinski definition) is 4. The topological polar surface area (TPSA) is 34.9 Å². The molecule has 146 valence electrons. The number of aryl methyl sites for hydroxylation is 2. The third-order valence-corrected chi connectivity index (χ3v) is 7.59. The van der Waals surface area contributed by atoms with Crippen LogP contribution in [-0.2, 0) is 25.8 Å². The number of aromatic nitrogens is 2. The molecule has 0 unspecified atom stereocenters. The molecule has 0 radical (unpaired) electrons. The number of benzene rings is 1. The summed E-state index contributed by atoms with van der Waals surface area (Å²) in [5, 5.41) is 1.69. The molecule has 1 aliphatic rings. The van der Waals surface area contributed by atoms with Crippen LogP contribution in [-0.4, -0.2) is 15.3 Å². The van der Waals surface area contributed by atoms with Crippen molar-refractivity contribution in [2.45, 2.75) is 50.7 Å². The third-order valence-electron chi connectivity index (χ3n) is 5.38. The van der Waals surface area contributed by atoms with Crippen LogP contribution in [0.25, 0.3) is 10.2 Å². The normalized spacial score (nSPS) is 16.2. The van der Waals surface area contributed by atoms with Crippen LogP contribution >= 0.6 is 23.1 Å². The van der Waals surface area contributed by atoms with Gasteiger partial charge in [-0.3, -0.25) is 9.36 Å². The predicted octanol–water partition coefficient (Wildman–Crippen LogP) is 5.49. The summed E-state index contributed by atoms with van der Waals surface area (Å²) >= 11 is 3.42. The fraction of sp³-hybridized carbons (Fsp3) is 0.391. The number of allylic oxidation sites excluding steroid dienone is 1. The highest BCUT2D eigenvalue weighted by atomic mass is 32.2. The third kappa shape index (κ3) is 3.96. The van der Waals surface area contributed by atoms with E-state index in [2.05, 4.69) is 37.8 Å². The van der Waals surface area contributed by atoms with Crippen molar-refractivity contribution in [1.29, 1.82) is 0 Å². The highest BCUT2D eigenvalue weighted by Gasteiger charge is 2.24. The zero-order valence-electron chi connectivity index (χ0n) is 16.3. The zero-order valence-corrected chi connectivity index (χ0v) is 18.0. The van der Waals surface area contributed by atoms with Crippen LogP contribution < -0.4 is 5.56 Å². The van der Waals surface area contributed by atoms with Gasteiger partial charge in [-0.2, -0.15) is 0 Å². The van der Waals surface area contributed by atoms with Crippen molar-refractivity contribution >= 4 is 33.3 Å². The molecule has 5 heteroatoms. The lowest BCUT2D eigenvalue weighted by Gasteiger charge is -2.17. The molecule has 0 fully saturated rings. The molecule has 3 nitrogen and oxygen atoms in total. The average Bonchev–Trinajstić information content (AvgIpc) is 3.06. The molecule has 1 atom stereocenters. The maximum atomic E-state index is 13.3. The maximum Gasteiger partial charge on any atom is 0.263 e. The lowest BCUT2D eigenvalue weighted by Crippen LogP contribution is -2.23. The first-order valence-electron chi connectivity index (χ1n) is 10.00. The van der Waals surface area contributed by atoms with E-state index in [4.69, 9.17) is 4.98 Å². The van der Waals surface area contributed by atoms with Crippen molar-refractivity contribution in [3.63, 3.8) is 0 Å². The van der Waals surface area contributed by atoms with E-state index in [1.807, 2.05) is 10.6 Å². The summed E-state index contributed by atoms with van der Waals surface area (Å²) in [5.41, 5.74) is 2.73. The quantitative estimate of drug-likeness (QED) is 0.223. The Morgan fingerprint density at radius 3 is 2.96 bits per heavy atom. The van der Waals surface area contributed by atoms with Gasteiger partial charge in [-0.05, 0) is 49.1 Å². The molecule has 3 aromatic rings. The average molecular weight is 411 g/mol. The zero-order chi connectivity index (χ0) is 19.5. The van der Waals surface area contributed by atoms with Gasteiger partial charge in [0.15, 0.2) is 5.16 Å². The van der Waals surface area contributed by atoms with Crippen molar-refractivity contribution in [1.82, 2.24) is 9.55 Å². The molecule has 0 N–H and O–H groups in total. The summed E-state index contributed by atoms with van der Waals surface area (Å²) in [7, 11) is 0. The second-order valence-corrected chi connectivity index (χ2v) is 9.71. The summed E-state index contributed by atoms with van der Waals surface area (Å²) < 4.78 is 1.81. The van der Waals surface area contributed by atoms with E-state index in [-0.39, 0.29) is 5.56 Å². The lowest BCUT2D eigenvalue weighted by molar-refractivity contribution is 0.509. The van der Waals surface area contributed by atoms with Crippen molar-refractivity contribution < 1.29 is 0 Å². The van der Waals surface area contributed by atoms with Gasteiger partial charge in [-0.25, -0.2) is 4.98 Å². The first-order chi connectivity index (χ1) is 13.7. The summed E-state index contributed by atoms with van der Waals surface area (Å²) in [6, 6.07) is 10.5. The Morgan fingerprint density at radius 2 is 2.18 bits per heavy atom. The minimum absolute atomic E-state index is 0.113. The number of nitrogens with zero attached hydrogens (tertiary/aromatic N) is 2. The Morgan fingerprint density at radius 1 is 1.36 bits per heavy atom. The maximum absolute atomic E-state index is 13.3. The van der Waals surface area contributed by atoms with Gasteiger partial charge in [0.1, 0.15) is 4.83 Å². The Labute approximate surface area is 174 Å². The Bertz CT molecular complexity index is 1040. The van der Waals surface area contributed by atoms with Crippen LogP contribution in [0.4, 0.5) is 0 Å². The van der Waals surface area contributed by atoms with Gasteiger partial charge >= 0.3 is 0 Å².